The Morgan fingerprint density at radius 3 is 2.79 bits per heavy atom. The van der Waals surface area contributed by atoms with Crippen molar-refractivity contribution in [2.75, 3.05) is 24.5 Å². The number of carbonyl (C=O) groups excluding carboxylic acids is 1. The number of oxazole rings is 1. The first kappa shape index (κ1) is 18.3. The molecule has 0 saturated heterocycles. The maximum absolute atomic E-state index is 12.4. The Kier molecular flexibility index (Phi) is 5.15. The van der Waals surface area contributed by atoms with Gasteiger partial charge in [-0.25, -0.2) is 4.98 Å². The van der Waals surface area contributed by atoms with Gasteiger partial charge in [-0.15, -0.1) is 0 Å². The first-order valence-corrected chi connectivity index (χ1v) is 9.73. The maximum Gasteiger partial charge on any atom is 0.226 e. The largest absolute Gasteiger partial charge is 0.441 e. The number of nitrogens with one attached hydrogen (secondary N) is 1. The van der Waals surface area contributed by atoms with Crippen molar-refractivity contribution in [3.63, 3.8) is 0 Å². The highest BCUT2D eigenvalue weighted by Gasteiger charge is 2.19. The Morgan fingerprint density at radius 2 is 1.93 bits per heavy atom. The molecule has 0 bridgehead atoms. The van der Waals surface area contributed by atoms with Gasteiger partial charge in [-0.1, -0.05) is 36.4 Å². The number of anilines is 1. The number of aromatic nitrogens is 1. The zero-order chi connectivity index (χ0) is 19.5. The number of carbonyl (C=O) groups is 1. The Labute approximate surface area is 165 Å². The monoisotopic (exact) mass is 375 g/mol. The summed E-state index contributed by atoms with van der Waals surface area (Å²) in [4.78, 5) is 19.3. The highest BCUT2D eigenvalue weighted by atomic mass is 16.4. The van der Waals surface area contributed by atoms with E-state index in [1.165, 1.54) is 11.3 Å². The normalized spacial score (nSPS) is 12.9. The highest BCUT2D eigenvalue weighted by Crippen LogP contribution is 2.27. The molecule has 1 aromatic heterocycles. The van der Waals surface area contributed by atoms with E-state index in [1.54, 1.807) is 0 Å². The number of fused-ring (bicyclic) bond motifs is 1. The molecule has 0 radical (unpaired) electrons. The summed E-state index contributed by atoms with van der Waals surface area (Å²) in [7, 11) is 0. The smallest absolute Gasteiger partial charge is 0.226 e. The van der Waals surface area contributed by atoms with Gasteiger partial charge < -0.3 is 14.6 Å². The second kappa shape index (κ2) is 7.89. The van der Waals surface area contributed by atoms with Crippen molar-refractivity contribution in [3.8, 4) is 11.5 Å². The molecule has 3 aromatic rings. The minimum atomic E-state index is -0.0276. The Balaban J connectivity index is 1.33. The molecule has 5 heteroatoms. The van der Waals surface area contributed by atoms with Crippen molar-refractivity contribution in [2.24, 2.45) is 0 Å². The van der Waals surface area contributed by atoms with Crippen LogP contribution in [0.3, 0.4) is 0 Å². The Hall–Kier alpha value is -3.08. The molecular weight excluding hydrogens is 350 g/mol. The summed E-state index contributed by atoms with van der Waals surface area (Å²) in [6.45, 7) is 6.33. The number of nitrogens with zero attached hydrogens (tertiary/aromatic N) is 2. The van der Waals surface area contributed by atoms with Crippen LogP contribution in [-0.4, -0.2) is 30.5 Å². The zero-order valence-corrected chi connectivity index (χ0v) is 16.4. The topological polar surface area (TPSA) is 58.4 Å². The molecule has 144 valence electrons. The molecule has 1 aliphatic rings. The summed E-state index contributed by atoms with van der Waals surface area (Å²) in [6, 6.07) is 16.4. The fourth-order valence-electron chi connectivity index (χ4n) is 3.70. The SMILES string of the molecule is Cc1ccccc1-c1nc(CC(=O)NCCN2CCc3ccccc32)c(C)o1. The van der Waals surface area contributed by atoms with Crippen molar-refractivity contribution >= 4 is 11.6 Å². The molecule has 1 amide bonds. The molecule has 0 aliphatic carbocycles. The molecule has 2 aromatic carbocycles. The molecule has 0 atom stereocenters. The second-order valence-corrected chi connectivity index (χ2v) is 7.23. The lowest BCUT2D eigenvalue weighted by Gasteiger charge is -2.19. The summed E-state index contributed by atoms with van der Waals surface area (Å²) in [6.07, 6.45) is 1.31. The lowest BCUT2D eigenvalue weighted by Crippen LogP contribution is -2.35. The van der Waals surface area contributed by atoms with Gasteiger partial charge in [0.05, 0.1) is 12.1 Å². The lowest BCUT2D eigenvalue weighted by molar-refractivity contribution is -0.120. The number of benzene rings is 2. The van der Waals surface area contributed by atoms with E-state index in [0.717, 1.165) is 30.6 Å². The van der Waals surface area contributed by atoms with Crippen LogP contribution in [0, 0.1) is 13.8 Å². The average Bonchev–Trinajstić information content (AvgIpc) is 3.26. The molecule has 0 spiro atoms. The molecule has 1 aliphatic heterocycles. The van der Waals surface area contributed by atoms with Crippen LogP contribution in [-0.2, 0) is 17.6 Å². The first-order valence-electron chi connectivity index (χ1n) is 9.73. The Morgan fingerprint density at radius 1 is 1.14 bits per heavy atom. The van der Waals surface area contributed by atoms with E-state index in [2.05, 4.69) is 39.5 Å². The number of rotatable bonds is 6. The number of hydrogen-bond acceptors (Lipinski definition) is 4. The standard InChI is InChI=1S/C23H25N3O2/c1-16-7-3-5-9-19(16)23-25-20(17(2)28-23)15-22(27)24-12-14-26-13-11-18-8-4-6-10-21(18)26/h3-10H,11-15H2,1-2H3,(H,24,27). The summed E-state index contributed by atoms with van der Waals surface area (Å²) in [5, 5.41) is 3.01. The van der Waals surface area contributed by atoms with Gasteiger partial charge in [-0.2, -0.15) is 0 Å². The van der Waals surface area contributed by atoms with Gasteiger partial charge in [-0.05, 0) is 43.5 Å². The fraction of sp³-hybridized carbons (Fsp3) is 0.304. The third-order valence-corrected chi connectivity index (χ3v) is 5.28. The van der Waals surface area contributed by atoms with Crippen LogP contribution >= 0.6 is 0 Å². The average molecular weight is 375 g/mol. The molecule has 28 heavy (non-hydrogen) atoms. The molecule has 2 heterocycles. The molecule has 1 N–H and O–H groups in total. The van der Waals surface area contributed by atoms with Gasteiger partial charge in [0.1, 0.15) is 5.76 Å². The fourth-order valence-corrected chi connectivity index (χ4v) is 3.70. The number of amides is 1. The minimum Gasteiger partial charge on any atom is -0.441 e. The molecule has 0 unspecified atom stereocenters. The minimum absolute atomic E-state index is 0.0276. The van der Waals surface area contributed by atoms with E-state index in [-0.39, 0.29) is 12.3 Å². The van der Waals surface area contributed by atoms with E-state index in [1.807, 2.05) is 38.1 Å². The summed E-state index contributed by atoms with van der Waals surface area (Å²) in [5.74, 6) is 1.24. The van der Waals surface area contributed by atoms with Crippen LogP contribution in [0.1, 0.15) is 22.6 Å². The van der Waals surface area contributed by atoms with Crippen molar-refractivity contribution in [1.29, 1.82) is 0 Å². The van der Waals surface area contributed by atoms with Crippen molar-refractivity contribution in [1.82, 2.24) is 10.3 Å². The predicted molar refractivity (Wildman–Crippen MR) is 110 cm³/mol. The van der Waals surface area contributed by atoms with E-state index in [9.17, 15) is 4.79 Å². The second-order valence-electron chi connectivity index (χ2n) is 7.23. The number of hydrogen-bond donors (Lipinski definition) is 1. The van der Waals surface area contributed by atoms with Gasteiger partial charge in [0.15, 0.2) is 0 Å². The summed E-state index contributed by atoms with van der Waals surface area (Å²) in [5.41, 5.74) is 5.43. The van der Waals surface area contributed by atoms with E-state index in [4.69, 9.17) is 4.42 Å². The van der Waals surface area contributed by atoms with Crippen LogP contribution in [0.15, 0.2) is 52.9 Å². The van der Waals surface area contributed by atoms with Crippen LogP contribution in [0.4, 0.5) is 5.69 Å². The van der Waals surface area contributed by atoms with Crippen molar-refractivity contribution < 1.29 is 9.21 Å². The van der Waals surface area contributed by atoms with Crippen LogP contribution in [0.2, 0.25) is 0 Å². The Bertz CT molecular complexity index is 993. The van der Waals surface area contributed by atoms with Crippen LogP contribution in [0.5, 0.6) is 0 Å². The lowest BCUT2D eigenvalue weighted by atomic mass is 10.1. The van der Waals surface area contributed by atoms with Gasteiger partial charge in [0.25, 0.3) is 0 Å². The van der Waals surface area contributed by atoms with Gasteiger partial charge in [-0.3, -0.25) is 4.79 Å². The molecule has 4 rings (SSSR count). The number of aryl methyl sites for hydroxylation is 2. The van der Waals surface area contributed by atoms with Crippen LogP contribution < -0.4 is 10.2 Å². The number of para-hydroxylation sites is 1. The molecule has 5 nitrogen and oxygen atoms in total. The summed E-state index contributed by atoms with van der Waals surface area (Å²) < 4.78 is 5.81. The zero-order valence-electron chi connectivity index (χ0n) is 16.4. The quantitative estimate of drug-likeness (QED) is 0.714. The van der Waals surface area contributed by atoms with E-state index >= 15 is 0 Å². The van der Waals surface area contributed by atoms with Crippen molar-refractivity contribution in [2.45, 2.75) is 26.7 Å². The summed E-state index contributed by atoms with van der Waals surface area (Å²) >= 11 is 0. The van der Waals surface area contributed by atoms with Gasteiger partial charge in [0, 0.05) is 30.9 Å². The molecule has 0 saturated carbocycles. The van der Waals surface area contributed by atoms with Crippen LogP contribution in [0.25, 0.3) is 11.5 Å². The van der Waals surface area contributed by atoms with E-state index in [0.29, 0.717) is 23.9 Å². The highest BCUT2D eigenvalue weighted by molar-refractivity contribution is 5.78. The third-order valence-electron chi connectivity index (χ3n) is 5.28. The van der Waals surface area contributed by atoms with Crippen molar-refractivity contribution in [3.05, 3.63) is 71.1 Å². The third kappa shape index (κ3) is 3.79. The molecular formula is C23H25N3O2. The first-order chi connectivity index (χ1) is 13.6. The predicted octanol–water partition coefficient (Wildman–Crippen LogP) is 3.68. The van der Waals surface area contributed by atoms with E-state index < -0.39 is 0 Å². The van der Waals surface area contributed by atoms with Gasteiger partial charge in [0.2, 0.25) is 11.8 Å². The molecule has 0 fully saturated rings. The van der Waals surface area contributed by atoms with Gasteiger partial charge >= 0.3 is 0 Å². The maximum atomic E-state index is 12.4.